The number of carbonyl (C=O) groups is 1. The highest BCUT2D eigenvalue weighted by Crippen LogP contribution is 2.23. The lowest BCUT2D eigenvalue weighted by Crippen LogP contribution is -2.35. The standard InChI is InChI=1S/C24H29N5O2/c1-3-18-11-13-20(14-12-18)29(24(30)25-19-8-7-9-21(16-19)31-2)17-23-27-26-22-10-5-4-6-15-28(22)23/h7-9,11-14,16H,3-6,10,15,17H2,1-2H3,(H,25,30). The zero-order chi connectivity index (χ0) is 21.6. The van der Waals surface area contributed by atoms with Crippen LogP contribution in [0.1, 0.15) is 43.4 Å². The Kier molecular flexibility index (Phi) is 6.50. The van der Waals surface area contributed by atoms with Gasteiger partial charge >= 0.3 is 6.03 Å². The molecule has 7 nitrogen and oxygen atoms in total. The lowest BCUT2D eigenvalue weighted by atomic mass is 10.1. The molecular formula is C24H29N5O2. The Morgan fingerprint density at radius 2 is 1.97 bits per heavy atom. The second-order valence-corrected chi connectivity index (χ2v) is 7.76. The minimum atomic E-state index is -0.219. The second kappa shape index (κ2) is 9.64. The van der Waals surface area contributed by atoms with E-state index in [-0.39, 0.29) is 6.03 Å². The molecule has 0 saturated carbocycles. The minimum Gasteiger partial charge on any atom is -0.497 e. The fraction of sp³-hybridized carbons (Fsp3) is 0.375. The number of aryl methyl sites for hydroxylation is 2. The summed E-state index contributed by atoms with van der Waals surface area (Å²) >= 11 is 0. The fourth-order valence-electron chi connectivity index (χ4n) is 3.89. The van der Waals surface area contributed by atoms with E-state index in [0.29, 0.717) is 18.0 Å². The smallest absolute Gasteiger partial charge is 0.326 e. The molecule has 4 rings (SSSR count). The van der Waals surface area contributed by atoms with Crippen LogP contribution in [0.5, 0.6) is 5.75 Å². The zero-order valence-corrected chi connectivity index (χ0v) is 18.2. The van der Waals surface area contributed by atoms with Crippen molar-refractivity contribution in [3.8, 4) is 5.75 Å². The zero-order valence-electron chi connectivity index (χ0n) is 18.2. The molecule has 0 aliphatic carbocycles. The predicted molar refractivity (Wildman–Crippen MR) is 122 cm³/mol. The Morgan fingerprint density at radius 1 is 1.13 bits per heavy atom. The van der Waals surface area contributed by atoms with Gasteiger partial charge in [-0.2, -0.15) is 0 Å². The summed E-state index contributed by atoms with van der Waals surface area (Å²) in [5.41, 5.74) is 2.73. The molecule has 0 bridgehead atoms. The maximum absolute atomic E-state index is 13.3. The Labute approximate surface area is 183 Å². The van der Waals surface area contributed by atoms with E-state index < -0.39 is 0 Å². The number of anilines is 2. The average molecular weight is 420 g/mol. The fourth-order valence-corrected chi connectivity index (χ4v) is 3.89. The number of methoxy groups -OCH3 is 1. The molecule has 0 fully saturated rings. The highest BCUT2D eigenvalue weighted by molar-refractivity contribution is 6.01. The molecule has 3 aromatic rings. The predicted octanol–water partition coefficient (Wildman–Crippen LogP) is 4.81. The normalized spacial score (nSPS) is 13.2. The van der Waals surface area contributed by atoms with Gasteiger partial charge in [0.05, 0.1) is 13.7 Å². The summed E-state index contributed by atoms with van der Waals surface area (Å²) in [7, 11) is 1.61. The van der Waals surface area contributed by atoms with Gasteiger partial charge in [-0.1, -0.05) is 31.5 Å². The molecule has 1 aromatic heterocycles. The van der Waals surface area contributed by atoms with Crippen molar-refractivity contribution in [2.75, 3.05) is 17.3 Å². The van der Waals surface area contributed by atoms with Crippen molar-refractivity contribution in [2.24, 2.45) is 0 Å². The van der Waals surface area contributed by atoms with Crippen molar-refractivity contribution in [3.63, 3.8) is 0 Å². The van der Waals surface area contributed by atoms with Gasteiger partial charge in [-0.15, -0.1) is 10.2 Å². The lowest BCUT2D eigenvalue weighted by molar-refractivity contribution is 0.256. The first-order chi connectivity index (χ1) is 15.2. The largest absolute Gasteiger partial charge is 0.497 e. The van der Waals surface area contributed by atoms with Gasteiger partial charge in [0.15, 0.2) is 5.82 Å². The Balaban J connectivity index is 1.62. The van der Waals surface area contributed by atoms with Gasteiger partial charge in [0.1, 0.15) is 11.6 Å². The van der Waals surface area contributed by atoms with E-state index in [4.69, 9.17) is 4.74 Å². The maximum Gasteiger partial charge on any atom is 0.326 e. The summed E-state index contributed by atoms with van der Waals surface area (Å²) in [6, 6.07) is 15.2. The van der Waals surface area contributed by atoms with Gasteiger partial charge in [0.2, 0.25) is 0 Å². The van der Waals surface area contributed by atoms with Crippen LogP contribution in [0.2, 0.25) is 0 Å². The number of hydrogen-bond acceptors (Lipinski definition) is 4. The Bertz CT molecular complexity index is 1030. The summed E-state index contributed by atoms with van der Waals surface area (Å²) in [4.78, 5) is 15.1. The Morgan fingerprint density at radius 3 is 2.74 bits per heavy atom. The maximum atomic E-state index is 13.3. The van der Waals surface area contributed by atoms with E-state index in [2.05, 4.69) is 39.1 Å². The van der Waals surface area contributed by atoms with Crippen LogP contribution >= 0.6 is 0 Å². The number of nitrogens with zero attached hydrogens (tertiary/aromatic N) is 4. The van der Waals surface area contributed by atoms with Crippen LogP contribution in [-0.2, 0) is 25.9 Å². The van der Waals surface area contributed by atoms with Crippen molar-refractivity contribution in [1.82, 2.24) is 14.8 Å². The third-order valence-corrected chi connectivity index (χ3v) is 5.71. The summed E-state index contributed by atoms with van der Waals surface area (Å²) in [6.07, 6.45) is 5.33. The summed E-state index contributed by atoms with van der Waals surface area (Å²) in [5.74, 6) is 2.53. The Hall–Kier alpha value is -3.35. The quantitative estimate of drug-likeness (QED) is 0.622. The van der Waals surface area contributed by atoms with E-state index in [1.165, 1.54) is 12.0 Å². The van der Waals surface area contributed by atoms with E-state index in [0.717, 1.165) is 49.6 Å². The van der Waals surface area contributed by atoms with Crippen LogP contribution in [-0.4, -0.2) is 27.9 Å². The van der Waals surface area contributed by atoms with Crippen LogP contribution in [0.15, 0.2) is 48.5 Å². The molecule has 162 valence electrons. The number of rotatable bonds is 6. The molecule has 0 spiro atoms. The summed E-state index contributed by atoms with van der Waals surface area (Å²) in [5, 5.41) is 11.8. The first-order valence-corrected chi connectivity index (χ1v) is 10.9. The van der Waals surface area contributed by atoms with Gasteiger partial charge in [-0.05, 0) is 49.1 Å². The number of aromatic nitrogens is 3. The van der Waals surface area contributed by atoms with Gasteiger partial charge in [-0.3, -0.25) is 4.90 Å². The molecule has 1 aliphatic rings. The third kappa shape index (κ3) is 4.87. The van der Waals surface area contributed by atoms with Crippen molar-refractivity contribution < 1.29 is 9.53 Å². The van der Waals surface area contributed by atoms with Crippen LogP contribution in [0, 0.1) is 0 Å². The van der Waals surface area contributed by atoms with Crippen molar-refractivity contribution in [2.45, 2.75) is 52.1 Å². The topological polar surface area (TPSA) is 72.3 Å². The third-order valence-electron chi connectivity index (χ3n) is 5.71. The number of ether oxygens (including phenoxy) is 1. The van der Waals surface area contributed by atoms with Crippen LogP contribution in [0.25, 0.3) is 0 Å². The van der Waals surface area contributed by atoms with Crippen molar-refractivity contribution in [1.29, 1.82) is 0 Å². The molecule has 0 radical (unpaired) electrons. The molecule has 1 N–H and O–H groups in total. The van der Waals surface area contributed by atoms with E-state index in [1.54, 1.807) is 18.1 Å². The molecule has 31 heavy (non-hydrogen) atoms. The van der Waals surface area contributed by atoms with Crippen molar-refractivity contribution in [3.05, 3.63) is 65.7 Å². The molecular weight excluding hydrogens is 390 g/mol. The second-order valence-electron chi connectivity index (χ2n) is 7.76. The number of carbonyl (C=O) groups excluding carboxylic acids is 1. The van der Waals surface area contributed by atoms with E-state index in [9.17, 15) is 4.79 Å². The molecule has 2 amide bonds. The number of fused-ring (bicyclic) bond motifs is 1. The van der Waals surface area contributed by atoms with Gasteiger partial charge in [-0.25, -0.2) is 4.79 Å². The van der Waals surface area contributed by atoms with Crippen molar-refractivity contribution >= 4 is 17.4 Å². The first-order valence-electron chi connectivity index (χ1n) is 10.9. The number of amides is 2. The minimum absolute atomic E-state index is 0.219. The molecule has 2 aromatic carbocycles. The first kappa shape index (κ1) is 20.9. The molecule has 0 atom stereocenters. The molecule has 0 saturated heterocycles. The van der Waals surface area contributed by atoms with E-state index in [1.807, 2.05) is 30.3 Å². The van der Waals surface area contributed by atoms with E-state index >= 15 is 0 Å². The molecule has 1 aliphatic heterocycles. The average Bonchev–Trinajstić information content (AvgIpc) is 3.02. The molecule has 7 heteroatoms. The van der Waals surface area contributed by atoms with Gasteiger partial charge < -0.3 is 14.6 Å². The summed E-state index contributed by atoms with van der Waals surface area (Å²) in [6.45, 7) is 3.37. The summed E-state index contributed by atoms with van der Waals surface area (Å²) < 4.78 is 7.46. The number of nitrogens with one attached hydrogen (secondary N) is 1. The van der Waals surface area contributed by atoms with Gasteiger partial charge in [0.25, 0.3) is 0 Å². The monoisotopic (exact) mass is 419 g/mol. The SMILES string of the molecule is CCc1ccc(N(Cc2nnc3n2CCCCC3)C(=O)Nc2cccc(OC)c2)cc1. The van der Waals surface area contributed by atoms with Gasteiger partial charge in [0, 0.05) is 30.4 Å². The van der Waals surface area contributed by atoms with Crippen LogP contribution in [0.3, 0.4) is 0 Å². The number of urea groups is 1. The van der Waals surface area contributed by atoms with Crippen LogP contribution in [0.4, 0.5) is 16.2 Å². The highest BCUT2D eigenvalue weighted by atomic mass is 16.5. The molecule has 0 unspecified atom stereocenters. The number of hydrogen-bond donors (Lipinski definition) is 1. The highest BCUT2D eigenvalue weighted by Gasteiger charge is 2.22. The lowest BCUT2D eigenvalue weighted by Gasteiger charge is -2.23. The van der Waals surface area contributed by atoms with Crippen LogP contribution < -0.4 is 15.0 Å². The number of benzene rings is 2. The molecule has 2 heterocycles.